The lowest BCUT2D eigenvalue weighted by molar-refractivity contribution is 0.254. The second kappa shape index (κ2) is 5.45. The molecule has 1 heterocycles. The van der Waals surface area contributed by atoms with E-state index in [9.17, 15) is 0 Å². The summed E-state index contributed by atoms with van der Waals surface area (Å²) in [5, 5.41) is 0. The molecule has 0 amide bonds. The van der Waals surface area contributed by atoms with Gasteiger partial charge in [0.2, 0.25) is 0 Å². The highest BCUT2D eigenvalue weighted by atomic mass is 16.5. The van der Waals surface area contributed by atoms with Crippen molar-refractivity contribution in [1.82, 2.24) is 0 Å². The maximum absolute atomic E-state index is 5.83. The summed E-state index contributed by atoms with van der Waals surface area (Å²) in [4.78, 5) is 0. The monoisotopic (exact) mass is 270 g/mol. The Morgan fingerprint density at radius 1 is 0.950 bits per heavy atom. The topological polar surface area (TPSA) is 27.7 Å². The minimum Gasteiger partial charge on any atom is -0.496 e. The Hall–Kier alpha value is -2.16. The van der Waals surface area contributed by atoms with Crippen LogP contribution in [0.2, 0.25) is 0 Å². The summed E-state index contributed by atoms with van der Waals surface area (Å²) >= 11 is 0. The van der Waals surface area contributed by atoms with E-state index in [2.05, 4.69) is 24.3 Å². The normalized spacial score (nSPS) is 17.0. The van der Waals surface area contributed by atoms with E-state index in [4.69, 9.17) is 14.2 Å². The molecule has 0 saturated carbocycles. The first kappa shape index (κ1) is 12.9. The second-order valence-corrected chi connectivity index (χ2v) is 4.81. The van der Waals surface area contributed by atoms with Crippen molar-refractivity contribution in [2.24, 2.45) is 0 Å². The predicted molar refractivity (Wildman–Crippen MR) is 77.9 cm³/mol. The zero-order chi connectivity index (χ0) is 13.9. The van der Waals surface area contributed by atoms with Crippen molar-refractivity contribution in [3.63, 3.8) is 0 Å². The van der Waals surface area contributed by atoms with E-state index in [1.165, 1.54) is 5.56 Å². The van der Waals surface area contributed by atoms with Crippen LogP contribution in [-0.4, -0.2) is 20.8 Å². The van der Waals surface area contributed by atoms with E-state index in [1.807, 2.05) is 18.2 Å². The molecule has 0 bridgehead atoms. The molecule has 1 aliphatic rings. The maximum Gasteiger partial charge on any atom is 0.168 e. The van der Waals surface area contributed by atoms with Gasteiger partial charge in [-0.2, -0.15) is 0 Å². The van der Waals surface area contributed by atoms with Gasteiger partial charge in [-0.1, -0.05) is 30.3 Å². The molecule has 1 unspecified atom stereocenters. The van der Waals surface area contributed by atoms with Crippen molar-refractivity contribution in [3.05, 3.63) is 53.6 Å². The number of benzene rings is 2. The fourth-order valence-corrected chi connectivity index (χ4v) is 2.82. The molecule has 0 N–H and O–H groups in total. The third-order valence-electron chi connectivity index (χ3n) is 3.76. The molecule has 0 aliphatic carbocycles. The van der Waals surface area contributed by atoms with Gasteiger partial charge < -0.3 is 14.2 Å². The van der Waals surface area contributed by atoms with Crippen LogP contribution >= 0.6 is 0 Å². The lowest BCUT2D eigenvalue weighted by Crippen LogP contribution is -2.17. The van der Waals surface area contributed by atoms with Crippen LogP contribution in [0.4, 0.5) is 0 Å². The number of ether oxygens (including phenoxy) is 3. The summed E-state index contributed by atoms with van der Waals surface area (Å²) in [6, 6.07) is 14.3. The molecule has 1 aliphatic heterocycles. The van der Waals surface area contributed by atoms with Gasteiger partial charge in [-0.15, -0.1) is 0 Å². The zero-order valence-electron chi connectivity index (χ0n) is 11.8. The molecule has 20 heavy (non-hydrogen) atoms. The van der Waals surface area contributed by atoms with Crippen molar-refractivity contribution in [2.75, 3.05) is 20.8 Å². The van der Waals surface area contributed by atoms with E-state index in [0.717, 1.165) is 29.2 Å². The highest BCUT2D eigenvalue weighted by molar-refractivity contribution is 5.58. The Morgan fingerprint density at radius 2 is 1.65 bits per heavy atom. The van der Waals surface area contributed by atoms with Gasteiger partial charge in [0.05, 0.1) is 20.8 Å². The van der Waals surface area contributed by atoms with Crippen molar-refractivity contribution < 1.29 is 14.2 Å². The minimum atomic E-state index is 0.282. The average Bonchev–Trinajstić information content (AvgIpc) is 2.54. The molecule has 0 fully saturated rings. The molecule has 3 heteroatoms. The fourth-order valence-electron chi connectivity index (χ4n) is 2.82. The van der Waals surface area contributed by atoms with Crippen molar-refractivity contribution in [3.8, 4) is 17.2 Å². The third-order valence-corrected chi connectivity index (χ3v) is 3.76. The van der Waals surface area contributed by atoms with Crippen molar-refractivity contribution in [1.29, 1.82) is 0 Å². The first-order valence-electron chi connectivity index (χ1n) is 6.77. The molecule has 3 nitrogen and oxygen atoms in total. The number of hydrogen-bond donors (Lipinski definition) is 0. The molecule has 0 radical (unpaired) electrons. The SMILES string of the molecule is COc1ccc(OC)c2c1OCCC2c1ccccc1. The molecular weight excluding hydrogens is 252 g/mol. The lowest BCUT2D eigenvalue weighted by Gasteiger charge is -2.29. The van der Waals surface area contributed by atoms with Crippen LogP contribution in [0.1, 0.15) is 23.5 Å². The Kier molecular flexibility index (Phi) is 3.50. The molecular formula is C17H18O3. The summed E-state index contributed by atoms with van der Waals surface area (Å²) in [6.45, 7) is 0.691. The molecule has 0 aromatic heterocycles. The highest BCUT2D eigenvalue weighted by Crippen LogP contribution is 2.48. The molecule has 1 atom stereocenters. The quantitative estimate of drug-likeness (QED) is 0.852. The third kappa shape index (κ3) is 2.09. The largest absolute Gasteiger partial charge is 0.496 e. The first-order valence-corrected chi connectivity index (χ1v) is 6.77. The Morgan fingerprint density at radius 3 is 2.35 bits per heavy atom. The van der Waals surface area contributed by atoms with Crippen LogP contribution in [0.15, 0.2) is 42.5 Å². The van der Waals surface area contributed by atoms with E-state index in [0.29, 0.717) is 6.61 Å². The van der Waals surface area contributed by atoms with Gasteiger partial charge >= 0.3 is 0 Å². The molecule has 0 spiro atoms. The standard InChI is InChI=1S/C17H18O3/c1-18-14-8-9-15(19-2)17-16(14)13(10-11-20-17)12-6-4-3-5-7-12/h3-9,13H,10-11H2,1-2H3. The van der Waals surface area contributed by atoms with E-state index < -0.39 is 0 Å². The zero-order valence-corrected chi connectivity index (χ0v) is 11.8. The Balaban J connectivity index is 2.16. The van der Waals surface area contributed by atoms with Crippen LogP contribution in [0.3, 0.4) is 0 Å². The summed E-state index contributed by atoms with van der Waals surface area (Å²) in [6.07, 6.45) is 0.945. The summed E-state index contributed by atoms with van der Waals surface area (Å²) in [5.74, 6) is 2.72. The first-order chi connectivity index (χ1) is 9.85. The number of fused-ring (bicyclic) bond motifs is 1. The highest BCUT2D eigenvalue weighted by Gasteiger charge is 2.29. The molecule has 104 valence electrons. The number of methoxy groups -OCH3 is 2. The van der Waals surface area contributed by atoms with Gasteiger partial charge in [0.25, 0.3) is 0 Å². The average molecular weight is 270 g/mol. The van der Waals surface area contributed by atoms with Crippen molar-refractivity contribution >= 4 is 0 Å². The van der Waals surface area contributed by atoms with Crippen LogP contribution in [0, 0.1) is 0 Å². The van der Waals surface area contributed by atoms with E-state index in [-0.39, 0.29) is 5.92 Å². The summed E-state index contributed by atoms with van der Waals surface area (Å²) in [5.41, 5.74) is 2.37. The van der Waals surface area contributed by atoms with Gasteiger partial charge in [0.1, 0.15) is 5.75 Å². The number of hydrogen-bond acceptors (Lipinski definition) is 3. The molecule has 2 aromatic rings. The van der Waals surface area contributed by atoms with Crippen LogP contribution in [0.5, 0.6) is 17.2 Å². The van der Waals surface area contributed by atoms with Gasteiger partial charge in [0.15, 0.2) is 11.5 Å². The predicted octanol–water partition coefficient (Wildman–Crippen LogP) is 3.62. The van der Waals surface area contributed by atoms with Crippen LogP contribution in [-0.2, 0) is 0 Å². The van der Waals surface area contributed by atoms with Crippen molar-refractivity contribution in [2.45, 2.75) is 12.3 Å². The van der Waals surface area contributed by atoms with Gasteiger partial charge in [-0.05, 0) is 24.1 Å². The van der Waals surface area contributed by atoms with Gasteiger partial charge in [0, 0.05) is 11.5 Å². The van der Waals surface area contributed by atoms with Gasteiger partial charge in [-0.25, -0.2) is 0 Å². The summed E-state index contributed by atoms with van der Waals surface area (Å²) in [7, 11) is 3.36. The minimum absolute atomic E-state index is 0.282. The second-order valence-electron chi connectivity index (χ2n) is 4.81. The van der Waals surface area contributed by atoms with E-state index >= 15 is 0 Å². The molecule has 2 aromatic carbocycles. The molecule has 0 saturated heterocycles. The van der Waals surface area contributed by atoms with Crippen LogP contribution < -0.4 is 14.2 Å². The smallest absolute Gasteiger partial charge is 0.168 e. The van der Waals surface area contributed by atoms with E-state index in [1.54, 1.807) is 14.2 Å². The fraction of sp³-hybridized carbons (Fsp3) is 0.294. The van der Waals surface area contributed by atoms with Crippen LogP contribution in [0.25, 0.3) is 0 Å². The van der Waals surface area contributed by atoms with Gasteiger partial charge in [-0.3, -0.25) is 0 Å². The molecule has 3 rings (SSSR count). The number of rotatable bonds is 3. The summed E-state index contributed by atoms with van der Waals surface area (Å²) < 4.78 is 16.8. The Bertz CT molecular complexity index is 593. The Labute approximate surface area is 119 Å². The maximum atomic E-state index is 5.83. The lowest BCUT2D eigenvalue weighted by atomic mass is 9.86.